The Bertz CT molecular complexity index is 729. The number of sulfone groups is 1. The second-order valence-corrected chi connectivity index (χ2v) is 7.54. The molecule has 0 aromatic heterocycles. The molecular formula is C15H19NO7S. The molecule has 1 N–H and O–H groups in total. The van der Waals surface area contributed by atoms with Gasteiger partial charge in [-0.2, -0.15) is 0 Å². The molecule has 8 nitrogen and oxygen atoms in total. The van der Waals surface area contributed by atoms with Crippen LogP contribution >= 0.6 is 0 Å². The van der Waals surface area contributed by atoms with Gasteiger partial charge < -0.3 is 19.5 Å². The number of esters is 1. The van der Waals surface area contributed by atoms with E-state index in [1.165, 1.54) is 32.4 Å². The summed E-state index contributed by atoms with van der Waals surface area (Å²) in [6.45, 7) is -0.287. The third-order valence-electron chi connectivity index (χ3n) is 3.54. The monoisotopic (exact) mass is 357 g/mol. The molecule has 0 saturated carbocycles. The van der Waals surface area contributed by atoms with E-state index in [9.17, 15) is 18.0 Å². The summed E-state index contributed by atoms with van der Waals surface area (Å²) >= 11 is 0. The summed E-state index contributed by atoms with van der Waals surface area (Å²) in [4.78, 5) is 23.3. The van der Waals surface area contributed by atoms with Crippen LogP contribution in [0.2, 0.25) is 0 Å². The van der Waals surface area contributed by atoms with Gasteiger partial charge in [-0.3, -0.25) is 4.79 Å². The van der Waals surface area contributed by atoms with Crippen LogP contribution in [0, 0.1) is 0 Å². The van der Waals surface area contributed by atoms with E-state index < -0.39 is 21.7 Å². The Morgan fingerprint density at radius 1 is 1.25 bits per heavy atom. The number of ether oxygens (including phenoxy) is 3. The molecule has 1 saturated heterocycles. The number of nitrogens with one attached hydrogen (secondary N) is 1. The highest BCUT2D eigenvalue weighted by atomic mass is 32.2. The Labute approximate surface area is 140 Å². The van der Waals surface area contributed by atoms with Gasteiger partial charge >= 0.3 is 5.97 Å². The summed E-state index contributed by atoms with van der Waals surface area (Å²) in [7, 11) is -0.374. The quantitative estimate of drug-likeness (QED) is 0.723. The normalized spacial score (nSPS) is 18.7. The molecule has 1 amide bonds. The van der Waals surface area contributed by atoms with Gasteiger partial charge in [-0.1, -0.05) is 0 Å². The molecule has 1 fully saturated rings. The van der Waals surface area contributed by atoms with Crippen molar-refractivity contribution >= 4 is 21.7 Å². The van der Waals surface area contributed by atoms with E-state index in [1.54, 1.807) is 0 Å². The van der Waals surface area contributed by atoms with Crippen LogP contribution in [-0.2, 0) is 19.4 Å². The fourth-order valence-corrected chi connectivity index (χ4v) is 4.03. The van der Waals surface area contributed by atoms with Crippen molar-refractivity contribution in [2.24, 2.45) is 0 Å². The number of carbonyl (C=O) groups excluding carboxylic acids is 2. The molecule has 2 rings (SSSR count). The van der Waals surface area contributed by atoms with Crippen molar-refractivity contribution in [1.29, 1.82) is 0 Å². The predicted octanol–water partition coefficient (Wildman–Crippen LogP) is 0.164. The minimum Gasteiger partial charge on any atom is -0.493 e. The zero-order valence-electron chi connectivity index (χ0n) is 13.4. The lowest BCUT2D eigenvalue weighted by Crippen LogP contribution is -2.38. The standard InChI is InChI=1S/C15H19NO7S/c1-21-13-7-10(15(18)22-2)3-4-12(13)23-8-14(17)16-11-5-6-24(19,20)9-11/h3-4,7,11H,5-6,8-9H2,1-2H3,(H,16,17)/t11-/m0/s1. The molecule has 1 aliphatic rings. The topological polar surface area (TPSA) is 108 Å². The maximum absolute atomic E-state index is 11.9. The molecular weight excluding hydrogens is 338 g/mol. The van der Waals surface area contributed by atoms with Crippen molar-refractivity contribution < 1.29 is 32.2 Å². The number of hydrogen-bond acceptors (Lipinski definition) is 7. The molecule has 9 heteroatoms. The lowest BCUT2D eigenvalue weighted by Gasteiger charge is -2.13. The van der Waals surface area contributed by atoms with Gasteiger partial charge in [0, 0.05) is 6.04 Å². The molecule has 1 aromatic carbocycles. The summed E-state index contributed by atoms with van der Waals surface area (Å²) in [6, 6.07) is 4.06. The van der Waals surface area contributed by atoms with Gasteiger partial charge in [-0.05, 0) is 24.6 Å². The van der Waals surface area contributed by atoms with Crippen molar-refractivity contribution in [3.8, 4) is 11.5 Å². The Morgan fingerprint density at radius 2 is 2.00 bits per heavy atom. The van der Waals surface area contributed by atoms with Crippen molar-refractivity contribution in [2.45, 2.75) is 12.5 Å². The van der Waals surface area contributed by atoms with Gasteiger partial charge in [0.15, 0.2) is 27.9 Å². The Balaban J connectivity index is 1.93. The van der Waals surface area contributed by atoms with Gasteiger partial charge in [0.25, 0.3) is 5.91 Å². The number of hydrogen-bond donors (Lipinski definition) is 1. The Kier molecular flexibility index (Phi) is 5.66. The maximum atomic E-state index is 11.9. The smallest absolute Gasteiger partial charge is 0.337 e. The minimum atomic E-state index is -3.05. The molecule has 0 aliphatic carbocycles. The van der Waals surface area contributed by atoms with Crippen LogP contribution in [0.25, 0.3) is 0 Å². The molecule has 1 atom stereocenters. The summed E-state index contributed by atoms with van der Waals surface area (Å²) in [5.74, 6) is -0.318. The lowest BCUT2D eigenvalue weighted by molar-refractivity contribution is -0.123. The number of amides is 1. The van der Waals surface area contributed by atoms with Crippen LogP contribution in [-0.4, -0.2) is 58.7 Å². The average molecular weight is 357 g/mol. The van der Waals surface area contributed by atoms with E-state index in [4.69, 9.17) is 9.47 Å². The summed E-state index contributed by atoms with van der Waals surface area (Å²) in [5.41, 5.74) is 0.294. The van der Waals surface area contributed by atoms with E-state index in [0.29, 0.717) is 17.7 Å². The summed E-state index contributed by atoms with van der Waals surface area (Å²) in [6.07, 6.45) is 0.408. The first-order valence-corrected chi connectivity index (χ1v) is 9.05. The van der Waals surface area contributed by atoms with Crippen LogP contribution < -0.4 is 14.8 Å². The van der Waals surface area contributed by atoms with Crippen molar-refractivity contribution in [2.75, 3.05) is 32.3 Å². The third kappa shape index (κ3) is 4.60. The van der Waals surface area contributed by atoms with E-state index in [1.807, 2.05) is 0 Å². The Morgan fingerprint density at radius 3 is 2.58 bits per heavy atom. The van der Waals surface area contributed by atoms with Crippen LogP contribution in [0.5, 0.6) is 11.5 Å². The van der Waals surface area contributed by atoms with Crippen LogP contribution in [0.4, 0.5) is 0 Å². The van der Waals surface area contributed by atoms with Crippen LogP contribution in [0.3, 0.4) is 0 Å². The highest BCUT2D eigenvalue weighted by molar-refractivity contribution is 7.91. The van der Waals surface area contributed by atoms with E-state index in [-0.39, 0.29) is 29.9 Å². The zero-order valence-corrected chi connectivity index (χ0v) is 14.2. The van der Waals surface area contributed by atoms with E-state index in [0.717, 1.165) is 0 Å². The molecule has 1 aromatic rings. The average Bonchev–Trinajstić information content (AvgIpc) is 2.90. The number of carbonyl (C=O) groups is 2. The third-order valence-corrected chi connectivity index (χ3v) is 5.31. The number of rotatable bonds is 6. The van der Waals surface area contributed by atoms with Gasteiger partial charge in [-0.15, -0.1) is 0 Å². The Hall–Kier alpha value is -2.29. The predicted molar refractivity (Wildman–Crippen MR) is 85.0 cm³/mol. The first-order valence-electron chi connectivity index (χ1n) is 7.23. The number of benzene rings is 1. The van der Waals surface area contributed by atoms with Crippen LogP contribution in [0.15, 0.2) is 18.2 Å². The molecule has 0 spiro atoms. The second kappa shape index (κ2) is 7.52. The molecule has 1 aliphatic heterocycles. The summed E-state index contributed by atoms with van der Waals surface area (Å²) < 4.78 is 37.8. The van der Waals surface area contributed by atoms with Gasteiger partial charge in [0.05, 0.1) is 31.3 Å². The molecule has 0 radical (unpaired) electrons. The molecule has 0 bridgehead atoms. The minimum absolute atomic E-state index is 0.0457. The van der Waals surface area contributed by atoms with E-state index >= 15 is 0 Å². The maximum Gasteiger partial charge on any atom is 0.337 e. The first-order chi connectivity index (χ1) is 11.3. The highest BCUT2D eigenvalue weighted by Gasteiger charge is 2.29. The summed E-state index contributed by atoms with van der Waals surface area (Å²) in [5, 5.41) is 2.62. The van der Waals surface area contributed by atoms with Crippen molar-refractivity contribution in [1.82, 2.24) is 5.32 Å². The van der Waals surface area contributed by atoms with Gasteiger partial charge in [-0.25, -0.2) is 13.2 Å². The fraction of sp³-hybridized carbons (Fsp3) is 0.467. The van der Waals surface area contributed by atoms with Crippen molar-refractivity contribution in [3.05, 3.63) is 23.8 Å². The van der Waals surface area contributed by atoms with Crippen molar-refractivity contribution in [3.63, 3.8) is 0 Å². The fourth-order valence-electron chi connectivity index (χ4n) is 2.35. The molecule has 132 valence electrons. The van der Waals surface area contributed by atoms with Gasteiger partial charge in [0.2, 0.25) is 0 Å². The van der Waals surface area contributed by atoms with Crippen LogP contribution in [0.1, 0.15) is 16.8 Å². The molecule has 0 unspecified atom stereocenters. The largest absolute Gasteiger partial charge is 0.493 e. The first kappa shape index (κ1) is 18.1. The van der Waals surface area contributed by atoms with E-state index in [2.05, 4.69) is 10.1 Å². The SMILES string of the molecule is COC(=O)c1ccc(OCC(=O)N[C@H]2CCS(=O)(=O)C2)c(OC)c1. The number of methoxy groups -OCH3 is 2. The highest BCUT2D eigenvalue weighted by Crippen LogP contribution is 2.28. The van der Waals surface area contributed by atoms with Gasteiger partial charge in [0.1, 0.15) is 0 Å². The molecule has 1 heterocycles. The zero-order chi connectivity index (χ0) is 17.7. The lowest BCUT2D eigenvalue weighted by atomic mass is 10.2. The molecule has 24 heavy (non-hydrogen) atoms. The second-order valence-electron chi connectivity index (χ2n) is 5.31.